The van der Waals surface area contributed by atoms with Crippen LogP contribution >= 0.6 is 0 Å². The quantitative estimate of drug-likeness (QED) is 0.443. The van der Waals surface area contributed by atoms with E-state index in [9.17, 15) is 23.7 Å². The van der Waals surface area contributed by atoms with Gasteiger partial charge in [-0.3, -0.25) is 0 Å². The molecule has 1 heterocycles. The van der Waals surface area contributed by atoms with Gasteiger partial charge in [-0.05, 0) is 24.3 Å². The lowest BCUT2D eigenvalue weighted by molar-refractivity contribution is -0.178. The van der Waals surface area contributed by atoms with E-state index in [-0.39, 0.29) is 11.5 Å². The number of nitrogens with two attached hydrogens (primary N) is 1. The zero-order valence-electron chi connectivity index (χ0n) is 10.4. The zero-order valence-corrected chi connectivity index (χ0v) is 11.2. The maximum absolute atomic E-state index is 11.1. The van der Waals surface area contributed by atoms with Crippen molar-refractivity contribution < 1.29 is 28.5 Å². The summed E-state index contributed by atoms with van der Waals surface area (Å²) in [5.41, 5.74) is 0.477. The van der Waals surface area contributed by atoms with Crippen LogP contribution in [0.15, 0.2) is 29.2 Å². The van der Waals surface area contributed by atoms with E-state index in [1.54, 1.807) is 0 Å². The molecule has 1 saturated heterocycles. The fraction of sp³-hybridized carbons (Fsp3) is 0.455. The molecular weight excluding hydrogens is 288 g/mol. The van der Waals surface area contributed by atoms with Crippen LogP contribution in [0.2, 0.25) is 0 Å². The van der Waals surface area contributed by atoms with Crippen LogP contribution in [0.25, 0.3) is 0 Å². The van der Waals surface area contributed by atoms with E-state index in [1.807, 2.05) is 0 Å². The molecule has 20 heavy (non-hydrogen) atoms. The van der Waals surface area contributed by atoms with Crippen LogP contribution in [0.3, 0.4) is 0 Å². The minimum absolute atomic E-state index is 0.0383. The number of aliphatic hydroxyl groups is 3. The molecule has 4 atom stereocenters. The molecule has 9 heteroatoms. The molecule has 0 spiro atoms. The normalized spacial score (nSPS) is 31.0. The van der Waals surface area contributed by atoms with E-state index in [4.69, 9.17) is 9.88 Å². The van der Waals surface area contributed by atoms with E-state index < -0.39 is 34.6 Å². The third-order valence-corrected chi connectivity index (χ3v) is 3.92. The highest BCUT2D eigenvalue weighted by Crippen LogP contribution is 2.19. The summed E-state index contributed by atoms with van der Waals surface area (Å²) in [4.78, 5) is -0.0383. The molecule has 0 bridgehead atoms. The SMILES string of the molecule is NS(=O)(=O)c1ccc(NC2OC[C@@H](O)[C@H](O)[C@H]2O)cc1. The van der Waals surface area contributed by atoms with Crippen LogP contribution in [0.4, 0.5) is 5.69 Å². The van der Waals surface area contributed by atoms with E-state index >= 15 is 0 Å². The van der Waals surface area contributed by atoms with E-state index in [0.717, 1.165) is 0 Å². The lowest BCUT2D eigenvalue weighted by atomic mass is 10.0. The van der Waals surface area contributed by atoms with Gasteiger partial charge in [-0.1, -0.05) is 0 Å². The van der Waals surface area contributed by atoms with Gasteiger partial charge in [0.05, 0.1) is 11.5 Å². The summed E-state index contributed by atoms with van der Waals surface area (Å²) in [6, 6.07) is 5.51. The Balaban J connectivity index is 2.07. The Bertz CT molecular complexity index is 561. The maximum Gasteiger partial charge on any atom is 0.238 e. The molecule has 0 radical (unpaired) electrons. The number of benzene rings is 1. The fourth-order valence-corrected chi connectivity index (χ4v) is 2.35. The second-order valence-electron chi connectivity index (χ2n) is 4.52. The van der Waals surface area contributed by atoms with Crippen molar-refractivity contribution in [2.45, 2.75) is 29.4 Å². The number of hydrogen-bond donors (Lipinski definition) is 5. The predicted octanol–water partition coefficient (Wildman–Crippen LogP) is -1.82. The molecule has 0 amide bonds. The summed E-state index contributed by atoms with van der Waals surface area (Å²) in [6.07, 6.45) is -4.68. The average molecular weight is 304 g/mol. The van der Waals surface area contributed by atoms with Gasteiger partial charge in [0.1, 0.15) is 18.3 Å². The van der Waals surface area contributed by atoms with Crippen LogP contribution in [0.1, 0.15) is 0 Å². The number of primary sulfonamides is 1. The second-order valence-corrected chi connectivity index (χ2v) is 6.08. The van der Waals surface area contributed by atoms with E-state index in [2.05, 4.69) is 5.32 Å². The molecule has 0 aromatic heterocycles. The minimum Gasteiger partial charge on any atom is -0.388 e. The first kappa shape index (κ1) is 15.2. The Labute approximate surface area is 115 Å². The molecule has 1 unspecified atom stereocenters. The summed E-state index contributed by atoms with van der Waals surface area (Å²) in [5.74, 6) is 0. The topological polar surface area (TPSA) is 142 Å². The van der Waals surface area contributed by atoms with Crippen LogP contribution < -0.4 is 10.5 Å². The molecule has 1 aromatic rings. The van der Waals surface area contributed by atoms with Crippen molar-refractivity contribution in [1.82, 2.24) is 0 Å². The number of nitrogens with one attached hydrogen (secondary N) is 1. The number of anilines is 1. The van der Waals surface area contributed by atoms with Gasteiger partial charge in [0, 0.05) is 5.69 Å². The van der Waals surface area contributed by atoms with Gasteiger partial charge in [0.25, 0.3) is 0 Å². The molecule has 8 nitrogen and oxygen atoms in total. The largest absolute Gasteiger partial charge is 0.388 e. The third-order valence-electron chi connectivity index (χ3n) is 2.99. The molecule has 0 aliphatic carbocycles. The summed E-state index contributed by atoms with van der Waals surface area (Å²) in [5, 5.41) is 36.3. The Morgan fingerprint density at radius 3 is 2.30 bits per heavy atom. The predicted molar refractivity (Wildman–Crippen MR) is 69.2 cm³/mol. The number of sulfonamides is 1. The highest BCUT2D eigenvalue weighted by Gasteiger charge is 2.37. The minimum atomic E-state index is -3.76. The molecular formula is C11H16N2O6S. The Hall–Kier alpha value is -1.23. The van der Waals surface area contributed by atoms with E-state index in [1.165, 1.54) is 24.3 Å². The summed E-state index contributed by atoms with van der Waals surface area (Å²) in [7, 11) is -3.76. The van der Waals surface area contributed by atoms with Crippen molar-refractivity contribution in [3.8, 4) is 0 Å². The van der Waals surface area contributed by atoms with Crippen LogP contribution in [0, 0.1) is 0 Å². The second kappa shape index (κ2) is 5.64. The van der Waals surface area contributed by atoms with Crippen molar-refractivity contribution >= 4 is 15.7 Å². The van der Waals surface area contributed by atoms with Crippen molar-refractivity contribution in [3.63, 3.8) is 0 Å². The average Bonchev–Trinajstić information content (AvgIpc) is 2.39. The number of aliphatic hydroxyl groups excluding tert-OH is 3. The number of ether oxygens (including phenoxy) is 1. The van der Waals surface area contributed by atoms with Gasteiger partial charge in [-0.25, -0.2) is 13.6 Å². The molecule has 6 N–H and O–H groups in total. The summed E-state index contributed by atoms with van der Waals surface area (Å²) < 4.78 is 27.4. The number of hydrogen-bond acceptors (Lipinski definition) is 7. The monoisotopic (exact) mass is 304 g/mol. The molecule has 0 saturated carbocycles. The molecule has 1 aliphatic rings. The van der Waals surface area contributed by atoms with E-state index in [0.29, 0.717) is 5.69 Å². The maximum atomic E-state index is 11.1. The first-order chi connectivity index (χ1) is 9.29. The fourth-order valence-electron chi connectivity index (χ4n) is 1.84. The Morgan fingerprint density at radius 1 is 1.15 bits per heavy atom. The molecule has 112 valence electrons. The van der Waals surface area contributed by atoms with Gasteiger partial charge >= 0.3 is 0 Å². The van der Waals surface area contributed by atoms with Crippen LogP contribution in [0.5, 0.6) is 0 Å². The molecule has 1 aromatic carbocycles. The summed E-state index contributed by atoms with van der Waals surface area (Å²) >= 11 is 0. The Kier molecular flexibility index (Phi) is 4.28. The molecule has 1 aliphatic heterocycles. The van der Waals surface area contributed by atoms with Gasteiger partial charge < -0.3 is 25.4 Å². The third kappa shape index (κ3) is 3.26. The highest BCUT2D eigenvalue weighted by atomic mass is 32.2. The Morgan fingerprint density at radius 2 is 1.75 bits per heavy atom. The van der Waals surface area contributed by atoms with Crippen molar-refractivity contribution in [3.05, 3.63) is 24.3 Å². The standard InChI is InChI=1S/C11H16N2O6S/c12-20(17,18)7-3-1-6(2-4-7)13-11-10(16)9(15)8(14)5-19-11/h1-4,8-11,13-16H,5H2,(H2,12,17,18)/t8-,9+,10-,11?/m1/s1. The molecule has 1 fully saturated rings. The van der Waals surface area contributed by atoms with Crippen molar-refractivity contribution in [1.29, 1.82) is 0 Å². The zero-order chi connectivity index (χ0) is 14.9. The van der Waals surface area contributed by atoms with Crippen molar-refractivity contribution in [2.24, 2.45) is 5.14 Å². The summed E-state index contributed by atoms with van der Waals surface area (Å²) in [6.45, 7) is -0.120. The van der Waals surface area contributed by atoms with Gasteiger partial charge in [-0.15, -0.1) is 0 Å². The molecule has 2 rings (SSSR count). The highest BCUT2D eigenvalue weighted by molar-refractivity contribution is 7.89. The van der Waals surface area contributed by atoms with Crippen molar-refractivity contribution in [2.75, 3.05) is 11.9 Å². The van der Waals surface area contributed by atoms with Gasteiger partial charge in [0.2, 0.25) is 10.0 Å². The van der Waals surface area contributed by atoms with Crippen LogP contribution in [-0.2, 0) is 14.8 Å². The number of rotatable bonds is 3. The lowest BCUT2D eigenvalue weighted by Gasteiger charge is -2.35. The lowest BCUT2D eigenvalue weighted by Crippen LogP contribution is -2.55. The van der Waals surface area contributed by atoms with Crippen LogP contribution in [-0.4, -0.2) is 54.9 Å². The first-order valence-electron chi connectivity index (χ1n) is 5.84. The van der Waals surface area contributed by atoms with Gasteiger partial charge in [-0.2, -0.15) is 0 Å². The van der Waals surface area contributed by atoms with Gasteiger partial charge in [0.15, 0.2) is 6.23 Å². The smallest absolute Gasteiger partial charge is 0.238 e. The first-order valence-corrected chi connectivity index (χ1v) is 7.39.